The average Bonchev–Trinajstić information content (AvgIpc) is 3.20. The number of aromatic nitrogens is 2. The molecule has 0 saturated carbocycles. The summed E-state index contributed by atoms with van der Waals surface area (Å²) in [5, 5.41) is 8.66. The van der Waals surface area contributed by atoms with Crippen LogP contribution >= 0.6 is 11.5 Å². The Kier molecular flexibility index (Phi) is 6.55. The molecule has 7 heteroatoms. The molecule has 3 aromatic rings. The number of carbonyl (C=O) groups excluding carboxylic acids is 2. The standard InChI is InChI=1S/C24H28N4O2S/c1-15-12-16(2)20(17(3)13-15)28(23(30)19-14-31-27-26-19)21(18-10-8-7-9-11-18)22(29)25-24(4,5)6/h7-14,21H,1-6H3,(H,25,29)/t21-/m0/s1. The summed E-state index contributed by atoms with van der Waals surface area (Å²) in [6.45, 7) is 11.7. The van der Waals surface area contributed by atoms with Crippen LogP contribution in [0.3, 0.4) is 0 Å². The number of nitrogens with one attached hydrogen (secondary N) is 1. The Hall–Kier alpha value is -3.06. The number of aryl methyl sites for hydroxylation is 3. The molecule has 2 amide bonds. The van der Waals surface area contributed by atoms with Crippen LogP contribution in [0.4, 0.5) is 5.69 Å². The average molecular weight is 437 g/mol. The maximum atomic E-state index is 13.7. The predicted octanol–water partition coefficient (Wildman–Crippen LogP) is 4.77. The molecule has 162 valence electrons. The summed E-state index contributed by atoms with van der Waals surface area (Å²) in [4.78, 5) is 28.9. The third-order valence-electron chi connectivity index (χ3n) is 4.79. The molecule has 0 aliphatic rings. The smallest absolute Gasteiger partial charge is 0.280 e. The molecule has 31 heavy (non-hydrogen) atoms. The second-order valence-corrected chi connectivity index (χ2v) is 9.37. The van der Waals surface area contributed by atoms with Crippen molar-refractivity contribution in [3.8, 4) is 0 Å². The van der Waals surface area contributed by atoms with Gasteiger partial charge in [0.15, 0.2) is 5.69 Å². The first-order valence-electron chi connectivity index (χ1n) is 10.1. The Labute approximate surface area is 187 Å². The summed E-state index contributed by atoms with van der Waals surface area (Å²) < 4.78 is 3.86. The van der Waals surface area contributed by atoms with Crippen LogP contribution in [0.25, 0.3) is 0 Å². The van der Waals surface area contributed by atoms with Gasteiger partial charge in [-0.15, -0.1) is 5.10 Å². The highest BCUT2D eigenvalue weighted by Gasteiger charge is 2.37. The second kappa shape index (κ2) is 8.98. The van der Waals surface area contributed by atoms with Gasteiger partial charge < -0.3 is 5.32 Å². The molecule has 6 nitrogen and oxygen atoms in total. The largest absolute Gasteiger partial charge is 0.349 e. The first-order valence-corrected chi connectivity index (χ1v) is 11.0. The fourth-order valence-electron chi connectivity index (χ4n) is 3.77. The first kappa shape index (κ1) is 22.6. The van der Waals surface area contributed by atoms with Crippen molar-refractivity contribution in [2.75, 3.05) is 4.90 Å². The van der Waals surface area contributed by atoms with E-state index in [1.807, 2.05) is 84.0 Å². The zero-order valence-corrected chi connectivity index (χ0v) is 19.6. The van der Waals surface area contributed by atoms with Gasteiger partial charge in [0.1, 0.15) is 6.04 Å². The van der Waals surface area contributed by atoms with Crippen LogP contribution < -0.4 is 10.2 Å². The SMILES string of the molecule is Cc1cc(C)c(N(C(=O)c2csnn2)[C@H](C(=O)NC(C)(C)C)c2ccccc2)c(C)c1. The van der Waals surface area contributed by atoms with Crippen molar-refractivity contribution in [1.29, 1.82) is 0 Å². The number of benzene rings is 2. The Bertz CT molecular complexity index is 1050. The molecule has 0 bridgehead atoms. The van der Waals surface area contributed by atoms with Gasteiger partial charge in [0.2, 0.25) is 5.91 Å². The van der Waals surface area contributed by atoms with E-state index in [-0.39, 0.29) is 17.5 Å². The lowest BCUT2D eigenvalue weighted by atomic mass is 9.97. The molecule has 1 aromatic heterocycles. The van der Waals surface area contributed by atoms with E-state index in [9.17, 15) is 9.59 Å². The quantitative estimate of drug-likeness (QED) is 0.625. The van der Waals surface area contributed by atoms with E-state index in [2.05, 4.69) is 14.9 Å². The van der Waals surface area contributed by atoms with Crippen molar-refractivity contribution in [3.63, 3.8) is 0 Å². The zero-order valence-electron chi connectivity index (χ0n) is 18.8. The van der Waals surface area contributed by atoms with E-state index >= 15 is 0 Å². The number of hydrogen-bond acceptors (Lipinski definition) is 5. The van der Waals surface area contributed by atoms with Gasteiger partial charge in [0.25, 0.3) is 5.91 Å². The molecule has 0 aliphatic heterocycles. The molecule has 0 aliphatic carbocycles. The molecule has 1 heterocycles. The summed E-state index contributed by atoms with van der Waals surface area (Å²) >= 11 is 1.11. The van der Waals surface area contributed by atoms with Gasteiger partial charge in [-0.05, 0) is 69.8 Å². The minimum atomic E-state index is -0.866. The number of rotatable bonds is 5. The highest BCUT2D eigenvalue weighted by Crippen LogP contribution is 2.35. The van der Waals surface area contributed by atoms with E-state index in [0.29, 0.717) is 5.69 Å². The third-order valence-corrected chi connectivity index (χ3v) is 5.30. The fraction of sp³-hybridized carbons (Fsp3) is 0.333. The summed E-state index contributed by atoms with van der Waals surface area (Å²) in [5.74, 6) is -0.615. The molecular formula is C24H28N4O2S. The Balaban J connectivity index is 2.26. The molecule has 1 atom stereocenters. The molecule has 2 aromatic carbocycles. The second-order valence-electron chi connectivity index (χ2n) is 8.77. The number of nitrogens with zero attached hydrogens (tertiary/aromatic N) is 3. The highest BCUT2D eigenvalue weighted by molar-refractivity contribution is 7.03. The third kappa shape index (κ3) is 5.17. The topological polar surface area (TPSA) is 75.2 Å². The minimum Gasteiger partial charge on any atom is -0.349 e. The molecule has 0 saturated heterocycles. The number of amides is 2. The van der Waals surface area contributed by atoms with Gasteiger partial charge in [-0.2, -0.15) is 0 Å². The Morgan fingerprint density at radius 1 is 1.03 bits per heavy atom. The van der Waals surface area contributed by atoms with Crippen molar-refractivity contribution in [2.45, 2.75) is 53.1 Å². The molecular weight excluding hydrogens is 408 g/mol. The lowest BCUT2D eigenvalue weighted by Gasteiger charge is -2.35. The van der Waals surface area contributed by atoms with E-state index in [4.69, 9.17) is 0 Å². The lowest BCUT2D eigenvalue weighted by molar-refractivity contribution is -0.123. The summed E-state index contributed by atoms with van der Waals surface area (Å²) in [6.07, 6.45) is 0. The van der Waals surface area contributed by atoms with Gasteiger partial charge in [0, 0.05) is 10.9 Å². The maximum Gasteiger partial charge on any atom is 0.280 e. The van der Waals surface area contributed by atoms with Crippen LogP contribution in [-0.2, 0) is 4.79 Å². The predicted molar refractivity (Wildman–Crippen MR) is 124 cm³/mol. The van der Waals surface area contributed by atoms with Gasteiger partial charge in [-0.1, -0.05) is 52.5 Å². The van der Waals surface area contributed by atoms with Crippen LogP contribution in [0.15, 0.2) is 47.8 Å². The van der Waals surface area contributed by atoms with Crippen molar-refractivity contribution in [1.82, 2.24) is 14.9 Å². The van der Waals surface area contributed by atoms with E-state index in [0.717, 1.165) is 33.8 Å². The highest BCUT2D eigenvalue weighted by atomic mass is 32.1. The Morgan fingerprint density at radius 3 is 2.16 bits per heavy atom. The number of anilines is 1. The normalized spacial score (nSPS) is 12.3. The van der Waals surface area contributed by atoms with Crippen LogP contribution in [0.1, 0.15) is 59.6 Å². The summed E-state index contributed by atoms with van der Waals surface area (Å²) in [5.41, 5.74) is 4.11. The van der Waals surface area contributed by atoms with E-state index in [1.165, 1.54) is 0 Å². The first-order chi connectivity index (χ1) is 14.6. The molecule has 0 fully saturated rings. The van der Waals surface area contributed by atoms with Crippen molar-refractivity contribution < 1.29 is 9.59 Å². The van der Waals surface area contributed by atoms with Gasteiger partial charge >= 0.3 is 0 Å². The Morgan fingerprint density at radius 2 is 1.65 bits per heavy atom. The monoisotopic (exact) mass is 436 g/mol. The van der Waals surface area contributed by atoms with Crippen LogP contribution in [0.5, 0.6) is 0 Å². The minimum absolute atomic E-state index is 0.217. The van der Waals surface area contributed by atoms with Crippen molar-refractivity contribution in [2.24, 2.45) is 0 Å². The van der Waals surface area contributed by atoms with Gasteiger partial charge in [-0.3, -0.25) is 14.5 Å². The van der Waals surface area contributed by atoms with Gasteiger partial charge in [-0.25, -0.2) is 0 Å². The molecule has 0 spiro atoms. The summed E-state index contributed by atoms with van der Waals surface area (Å²) in [6, 6.07) is 12.5. The molecule has 0 unspecified atom stereocenters. The molecule has 3 rings (SSSR count). The van der Waals surface area contributed by atoms with Crippen LogP contribution in [0.2, 0.25) is 0 Å². The molecule has 0 radical (unpaired) electrons. The van der Waals surface area contributed by atoms with Crippen molar-refractivity contribution in [3.05, 3.63) is 75.8 Å². The van der Waals surface area contributed by atoms with Crippen LogP contribution in [-0.4, -0.2) is 26.9 Å². The van der Waals surface area contributed by atoms with Gasteiger partial charge in [0.05, 0.1) is 5.69 Å². The number of hydrogen-bond donors (Lipinski definition) is 1. The zero-order chi connectivity index (χ0) is 22.8. The fourth-order valence-corrected chi connectivity index (χ4v) is 4.20. The number of carbonyl (C=O) groups is 2. The van der Waals surface area contributed by atoms with E-state index in [1.54, 1.807) is 10.3 Å². The lowest BCUT2D eigenvalue weighted by Crippen LogP contribution is -2.50. The maximum absolute atomic E-state index is 13.7. The molecule has 1 N–H and O–H groups in total. The van der Waals surface area contributed by atoms with Crippen LogP contribution in [0, 0.1) is 20.8 Å². The summed E-state index contributed by atoms with van der Waals surface area (Å²) in [7, 11) is 0. The van der Waals surface area contributed by atoms with Crippen molar-refractivity contribution >= 4 is 29.0 Å². The van der Waals surface area contributed by atoms with E-state index < -0.39 is 11.6 Å².